The topological polar surface area (TPSA) is 78.9 Å². The van der Waals surface area contributed by atoms with Crippen LogP contribution in [0.5, 0.6) is 0 Å². The Morgan fingerprint density at radius 1 is 1.09 bits per heavy atom. The molecule has 0 aromatic carbocycles. The Bertz CT molecular complexity index is 859. The fourth-order valence-electron chi connectivity index (χ4n) is 11.7. The number of rotatable bonds is 6. The van der Waals surface area contributed by atoms with Crippen LogP contribution in [-0.4, -0.2) is 107 Å². The smallest absolute Gasteiger partial charge is 0.148 e. The zero-order valence-corrected chi connectivity index (χ0v) is 21.2. The van der Waals surface area contributed by atoms with Crippen molar-refractivity contribution >= 4 is 0 Å². The molecule has 1 N–H and O–H groups in total. The Labute approximate surface area is 202 Å². The third kappa shape index (κ3) is 2.05. The molecule has 2 saturated heterocycles. The minimum absolute atomic E-state index is 0.0240. The number of likely N-dealkylation sites (tertiary alicyclic amines) is 1. The quantitative estimate of drug-likeness (QED) is 0.611. The predicted octanol–water partition coefficient (Wildman–Crippen LogP) is 1.29. The Hall–Kier alpha value is -0.320. The first-order chi connectivity index (χ1) is 16.5. The molecule has 7 fully saturated rings. The van der Waals surface area contributed by atoms with Crippen LogP contribution in [0.25, 0.3) is 0 Å². The zero-order valence-electron chi connectivity index (χ0n) is 21.2. The summed E-state index contributed by atoms with van der Waals surface area (Å²) < 4.78 is 38.3. The van der Waals surface area contributed by atoms with Gasteiger partial charge in [-0.15, -0.1) is 0 Å². The molecule has 8 heteroatoms. The number of ether oxygens (including phenoxy) is 6. The summed E-state index contributed by atoms with van der Waals surface area (Å²) in [6, 6.07) is 0.0378. The second kappa shape index (κ2) is 7.16. The lowest BCUT2D eigenvalue weighted by atomic mass is 9.42. The number of fused-ring (bicyclic) bond motifs is 1. The molecule has 0 aromatic heterocycles. The molecule has 192 valence electrons. The largest absolute Gasteiger partial charge is 0.390 e. The molecule has 7 rings (SSSR count). The van der Waals surface area contributed by atoms with Crippen molar-refractivity contribution < 1.29 is 33.5 Å². The van der Waals surface area contributed by atoms with Crippen molar-refractivity contribution in [2.24, 2.45) is 34.5 Å². The summed E-state index contributed by atoms with van der Waals surface area (Å²) >= 11 is 0. The van der Waals surface area contributed by atoms with Gasteiger partial charge in [0.15, 0.2) is 0 Å². The molecule has 5 aliphatic carbocycles. The first kappa shape index (κ1) is 22.8. The zero-order chi connectivity index (χ0) is 23.7. The van der Waals surface area contributed by atoms with Crippen LogP contribution in [0.15, 0.2) is 0 Å². The summed E-state index contributed by atoms with van der Waals surface area (Å²) in [5.74, 6) is 0.813. The molecular formula is C26H41NO7. The van der Waals surface area contributed by atoms with Gasteiger partial charge in [-0.05, 0) is 31.7 Å². The fourth-order valence-corrected chi connectivity index (χ4v) is 11.7. The molecule has 2 aliphatic heterocycles. The predicted molar refractivity (Wildman–Crippen MR) is 121 cm³/mol. The lowest BCUT2D eigenvalue weighted by Crippen LogP contribution is -2.81. The van der Waals surface area contributed by atoms with Crippen molar-refractivity contribution in [3.8, 4) is 0 Å². The number of aliphatic hydroxyl groups excluding tert-OH is 1. The highest BCUT2D eigenvalue weighted by Gasteiger charge is 2.93. The minimum Gasteiger partial charge on any atom is -0.390 e. The summed E-state index contributed by atoms with van der Waals surface area (Å²) in [4.78, 5) is 2.61. The van der Waals surface area contributed by atoms with Crippen LogP contribution in [0.1, 0.15) is 32.6 Å². The number of hydrogen-bond donors (Lipinski definition) is 1. The molecule has 8 nitrogen and oxygen atoms in total. The molecule has 7 aliphatic rings. The first-order valence-electron chi connectivity index (χ1n) is 13.2. The maximum atomic E-state index is 12.6. The molecule has 34 heavy (non-hydrogen) atoms. The van der Waals surface area contributed by atoms with E-state index in [1.165, 1.54) is 0 Å². The molecular weight excluding hydrogens is 438 g/mol. The lowest BCUT2D eigenvalue weighted by molar-refractivity contribution is -0.287. The molecule has 0 aromatic rings. The number of likely N-dealkylation sites (N-methyl/N-ethyl adjacent to an activating group) is 1. The Morgan fingerprint density at radius 2 is 1.91 bits per heavy atom. The number of hydrogen-bond acceptors (Lipinski definition) is 8. The summed E-state index contributed by atoms with van der Waals surface area (Å²) in [6.07, 6.45) is 3.20. The highest BCUT2D eigenvalue weighted by atomic mass is 16.7. The molecule has 5 saturated carbocycles. The van der Waals surface area contributed by atoms with Crippen molar-refractivity contribution in [1.82, 2.24) is 4.90 Å². The van der Waals surface area contributed by atoms with Crippen LogP contribution in [0.2, 0.25) is 0 Å². The normalized spacial score (nSPS) is 61.1. The van der Waals surface area contributed by atoms with Gasteiger partial charge in [-0.3, -0.25) is 4.90 Å². The van der Waals surface area contributed by atoms with Crippen LogP contribution >= 0.6 is 0 Å². The van der Waals surface area contributed by atoms with Crippen molar-refractivity contribution in [3.63, 3.8) is 0 Å². The van der Waals surface area contributed by atoms with Crippen molar-refractivity contribution in [3.05, 3.63) is 0 Å². The van der Waals surface area contributed by atoms with Crippen molar-refractivity contribution in [1.29, 1.82) is 0 Å². The summed E-state index contributed by atoms with van der Waals surface area (Å²) in [6.45, 7) is 4.93. The van der Waals surface area contributed by atoms with E-state index in [2.05, 4.69) is 11.8 Å². The van der Waals surface area contributed by atoms with E-state index in [0.29, 0.717) is 18.4 Å². The van der Waals surface area contributed by atoms with Gasteiger partial charge >= 0.3 is 0 Å². The Morgan fingerprint density at radius 3 is 2.59 bits per heavy atom. The molecule has 7 bridgehead atoms. The number of aliphatic hydroxyl groups is 1. The van der Waals surface area contributed by atoms with Crippen LogP contribution in [0, 0.1) is 34.5 Å². The third-order valence-corrected chi connectivity index (χ3v) is 12.0. The highest BCUT2D eigenvalue weighted by molar-refractivity contribution is 5.42. The molecule has 0 amide bonds. The number of piperidine rings is 1. The van der Waals surface area contributed by atoms with Gasteiger partial charge in [-0.1, -0.05) is 6.92 Å². The Balaban J connectivity index is 1.55. The standard InChI is InChI=1S/C26H41NO7/c1-6-27-11-23(12-29-2)8-7-17(31-4)25-15-9-14-16(30-3)10-24(18(15)19(14)32-5)26(22(25)27,34-13-33-24)21(28)20(23)25/h14-22,28H,6-13H2,1-5H3/t14-,15-,16+,17+,18-,19+,20+,21+,22+,23+,24-,25-,26+/m1/s1. The van der Waals surface area contributed by atoms with Crippen LogP contribution in [0.4, 0.5) is 0 Å². The van der Waals surface area contributed by atoms with E-state index >= 15 is 0 Å². The van der Waals surface area contributed by atoms with Gasteiger partial charge in [-0.25, -0.2) is 0 Å². The molecule has 13 atom stereocenters. The van der Waals surface area contributed by atoms with E-state index in [9.17, 15) is 5.11 Å². The first-order valence-corrected chi connectivity index (χ1v) is 13.2. The maximum Gasteiger partial charge on any atom is 0.148 e. The van der Waals surface area contributed by atoms with E-state index in [4.69, 9.17) is 28.4 Å². The lowest BCUT2D eigenvalue weighted by Gasteiger charge is -2.70. The van der Waals surface area contributed by atoms with Crippen LogP contribution < -0.4 is 0 Å². The number of methoxy groups -OCH3 is 4. The van der Waals surface area contributed by atoms with E-state index in [-0.39, 0.29) is 53.8 Å². The van der Waals surface area contributed by atoms with Gasteiger partial charge in [-0.2, -0.15) is 0 Å². The van der Waals surface area contributed by atoms with E-state index < -0.39 is 17.3 Å². The van der Waals surface area contributed by atoms with E-state index in [1.54, 1.807) is 7.11 Å². The van der Waals surface area contributed by atoms with Crippen molar-refractivity contribution in [2.45, 2.75) is 74.3 Å². The minimum atomic E-state index is -0.825. The molecule has 2 heterocycles. The summed E-state index contributed by atoms with van der Waals surface area (Å²) in [7, 11) is 7.32. The highest BCUT2D eigenvalue weighted by Crippen LogP contribution is 2.82. The average molecular weight is 480 g/mol. The van der Waals surface area contributed by atoms with Gasteiger partial charge in [0.25, 0.3) is 0 Å². The van der Waals surface area contributed by atoms with Gasteiger partial charge < -0.3 is 33.5 Å². The maximum absolute atomic E-state index is 12.6. The second-order valence-corrected chi connectivity index (χ2v) is 12.2. The van der Waals surface area contributed by atoms with E-state index in [0.717, 1.165) is 38.8 Å². The molecule has 3 spiro atoms. The third-order valence-electron chi connectivity index (χ3n) is 12.0. The SMILES string of the molecule is CCN1C[C@]2(COC)CC[C@H](OC)[C@]34[C@@H]5C[C@H]6[C@H](OC)[C@@H]5[C@@]5(C[C@@H]6OC)OCO[C@@]5([C@@H](O)[C@@H]23)[C@@H]14. The molecule has 0 unspecified atom stereocenters. The van der Waals surface area contributed by atoms with E-state index in [1.807, 2.05) is 21.3 Å². The van der Waals surface area contributed by atoms with Gasteiger partial charge in [0.1, 0.15) is 18.0 Å². The fraction of sp³-hybridized carbons (Fsp3) is 1.00. The summed E-state index contributed by atoms with van der Waals surface area (Å²) in [5, 5.41) is 12.6. The van der Waals surface area contributed by atoms with Crippen LogP contribution in [-0.2, 0) is 28.4 Å². The number of nitrogens with zero attached hydrogens (tertiary/aromatic N) is 1. The average Bonchev–Trinajstić information content (AvgIpc) is 3.42. The molecule has 0 radical (unpaired) electrons. The Kier molecular flexibility index (Phi) is 4.81. The van der Waals surface area contributed by atoms with Gasteiger partial charge in [0.2, 0.25) is 0 Å². The van der Waals surface area contributed by atoms with Gasteiger partial charge in [0.05, 0.1) is 37.1 Å². The van der Waals surface area contributed by atoms with Crippen LogP contribution in [0.3, 0.4) is 0 Å². The monoisotopic (exact) mass is 479 g/mol. The summed E-state index contributed by atoms with van der Waals surface area (Å²) in [5.41, 5.74) is -1.83. The second-order valence-electron chi connectivity index (χ2n) is 12.2. The van der Waals surface area contributed by atoms with Crippen molar-refractivity contribution in [2.75, 3.05) is 54.9 Å². The van der Waals surface area contributed by atoms with Gasteiger partial charge in [0, 0.05) is 70.0 Å².